The van der Waals surface area contributed by atoms with E-state index in [1.54, 1.807) is 0 Å². The average molecular weight is 255 g/mol. The number of morpholine rings is 1. The summed E-state index contributed by atoms with van der Waals surface area (Å²) in [7, 11) is -3.45. The maximum atomic E-state index is 12.2. The number of aldehydes is 1. The largest absolute Gasteiger partial charge is 0.379 e. The van der Waals surface area contributed by atoms with E-state index in [4.69, 9.17) is 4.74 Å². The molecule has 0 saturated carbocycles. The van der Waals surface area contributed by atoms with Crippen LogP contribution in [0.3, 0.4) is 0 Å². The van der Waals surface area contributed by atoms with Crippen LogP contribution < -0.4 is 0 Å². The summed E-state index contributed by atoms with van der Waals surface area (Å²) < 4.78 is 30.8. The van der Waals surface area contributed by atoms with Gasteiger partial charge in [-0.05, 0) is 12.1 Å². The lowest BCUT2D eigenvalue weighted by Gasteiger charge is -2.26. The molecule has 6 heteroatoms. The quantitative estimate of drug-likeness (QED) is 0.739. The number of carbonyl (C=O) groups is 1. The van der Waals surface area contributed by atoms with E-state index in [0.717, 1.165) is 0 Å². The highest BCUT2D eigenvalue weighted by Gasteiger charge is 2.25. The van der Waals surface area contributed by atoms with Gasteiger partial charge in [0.25, 0.3) is 0 Å². The third-order valence-electron chi connectivity index (χ3n) is 2.62. The van der Waals surface area contributed by atoms with Crippen LogP contribution in [0.2, 0.25) is 0 Å². The molecule has 1 saturated heterocycles. The van der Waals surface area contributed by atoms with Crippen LogP contribution in [0.4, 0.5) is 0 Å². The maximum Gasteiger partial charge on any atom is 0.243 e. The minimum atomic E-state index is -3.45. The second kappa shape index (κ2) is 4.95. The van der Waals surface area contributed by atoms with Gasteiger partial charge >= 0.3 is 0 Å². The number of hydrogen-bond acceptors (Lipinski definition) is 4. The molecule has 1 aromatic carbocycles. The monoisotopic (exact) mass is 255 g/mol. The van der Waals surface area contributed by atoms with E-state index in [2.05, 4.69) is 0 Å². The molecule has 1 aliphatic heterocycles. The van der Waals surface area contributed by atoms with E-state index < -0.39 is 10.0 Å². The standard InChI is InChI=1S/C11H13NO4S/c13-9-10-1-3-11(4-2-10)17(14,15)12-5-7-16-8-6-12/h1-4,9H,5-8H2. The van der Waals surface area contributed by atoms with Gasteiger partial charge in [0.15, 0.2) is 0 Å². The average Bonchev–Trinajstić information content (AvgIpc) is 2.40. The molecule has 0 aromatic heterocycles. The van der Waals surface area contributed by atoms with Gasteiger partial charge in [0.1, 0.15) is 6.29 Å². The van der Waals surface area contributed by atoms with Crippen molar-refractivity contribution in [3.05, 3.63) is 29.8 Å². The molecule has 0 radical (unpaired) electrons. The number of benzene rings is 1. The van der Waals surface area contributed by atoms with Crippen LogP contribution in [0, 0.1) is 0 Å². The first-order valence-electron chi connectivity index (χ1n) is 5.28. The first-order valence-corrected chi connectivity index (χ1v) is 6.72. The van der Waals surface area contributed by atoms with Gasteiger partial charge in [-0.2, -0.15) is 4.31 Å². The van der Waals surface area contributed by atoms with Crippen LogP contribution in [-0.2, 0) is 14.8 Å². The Morgan fingerprint density at radius 1 is 1.12 bits per heavy atom. The lowest BCUT2D eigenvalue weighted by atomic mass is 10.2. The molecule has 5 nitrogen and oxygen atoms in total. The number of rotatable bonds is 3. The highest BCUT2D eigenvalue weighted by Crippen LogP contribution is 2.17. The number of hydrogen-bond donors (Lipinski definition) is 0. The van der Waals surface area contributed by atoms with Crippen molar-refractivity contribution >= 4 is 16.3 Å². The van der Waals surface area contributed by atoms with Crippen molar-refractivity contribution in [2.75, 3.05) is 26.3 Å². The van der Waals surface area contributed by atoms with Crippen LogP contribution in [0.25, 0.3) is 0 Å². The Kier molecular flexibility index (Phi) is 3.56. The van der Waals surface area contributed by atoms with Crippen molar-refractivity contribution in [3.63, 3.8) is 0 Å². The molecule has 0 bridgehead atoms. The van der Waals surface area contributed by atoms with Gasteiger partial charge in [-0.3, -0.25) is 4.79 Å². The van der Waals surface area contributed by atoms with E-state index in [1.807, 2.05) is 0 Å². The molecule has 0 spiro atoms. The lowest BCUT2D eigenvalue weighted by molar-refractivity contribution is 0.0730. The zero-order valence-corrected chi connectivity index (χ0v) is 10.0. The highest BCUT2D eigenvalue weighted by atomic mass is 32.2. The summed E-state index contributed by atoms with van der Waals surface area (Å²) in [4.78, 5) is 10.7. The second-order valence-corrected chi connectivity index (χ2v) is 5.64. The molecule has 17 heavy (non-hydrogen) atoms. The molecule has 0 N–H and O–H groups in total. The summed E-state index contributed by atoms with van der Waals surface area (Å²) in [6, 6.07) is 5.91. The Balaban J connectivity index is 2.26. The fraction of sp³-hybridized carbons (Fsp3) is 0.364. The summed E-state index contributed by atoms with van der Waals surface area (Å²) in [5.41, 5.74) is 0.464. The van der Waals surface area contributed by atoms with Crippen molar-refractivity contribution in [1.29, 1.82) is 0 Å². The van der Waals surface area contributed by atoms with Gasteiger partial charge in [-0.25, -0.2) is 8.42 Å². The molecule has 2 rings (SSSR count). The summed E-state index contributed by atoms with van der Waals surface area (Å²) in [5, 5.41) is 0. The molecule has 1 heterocycles. The van der Waals surface area contributed by atoms with Gasteiger partial charge in [-0.1, -0.05) is 12.1 Å². The van der Waals surface area contributed by atoms with Crippen LogP contribution in [0.15, 0.2) is 29.2 Å². The summed E-state index contributed by atoms with van der Waals surface area (Å²) in [5.74, 6) is 0. The zero-order valence-electron chi connectivity index (χ0n) is 9.20. The number of sulfonamides is 1. The fourth-order valence-electron chi connectivity index (χ4n) is 1.65. The van der Waals surface area contributed by atoms with Crippen molar-refractivity contribution < 1.29 is 17.9 Å². The molecular weight excluding hydrogens is 242 g/mol. The molecule has 0 atom stereocenters. The van der Waals surface area contributed by atoms with E-state index in [0.29, 0.717) is 38.2 Å². The van der Waals surface area contributed by atoms with E-state index in [-0.39, 0.29) is 4.90 Å². The molecular formula is C11H13NO4S. The second-order valence-electron chi connectivity index (χ2n) is 3.70. The van der Waals surface area contributed by atoms with Crippen LogP contribution in [0.1, 0.15) is 10.4 Å². The lowest BCUT2D eigenvalue weighted by Crippen LogP contribution is -2.40. The van der Waals surface area contributed by atoms with Crippen LogP contribution in [0.5, 0.6) is 0 Å². The Morgan fingerprint density at radius 3 is 2.24 bits per heavy atom. The fourth-order valence-corrected chi connectivity index (χ4v) is 3.06. The Morgan fingerprint density at radius 2 is 1.71 bits per heavy atom. The molecule has 1 aromatic rings. The molecule has 0 unspecified atom stereocenters. The Bertz CT molecular complexity index is 489. The van der Waals surface area contributed by atoms with Crippen molar-refractivity contribution in [1.82, 2.24) is 4.31 Å². The number of nitrogens with zero attached hydrogens (tertiary/aromatic N) is 1. The first-order chi connectivity index (χ1) is 8.14. The minimum Gasteiger partial charge on any atom is -0.379 e. The molecule has 0 amide bonds. The topological polar surface area (TPSA) is 63.7 Å². The third-order valence-corrected chi connectivity index (χ3v) is 4.54. The molecule has 1 fully saturated rings. The maximum absolute atomic E-state index is 12.2. The third kappa shape index (κ3) is 2.54. The zero-order chi connectivity index (χ0) is 12.3. The van der Waals surface area contributed by atoms with E-state index >= 15 is 0 Å². The summed E-state index contributed by atoms with van der Waals surface area (Å²) in [6.45, 7) is 1.59. The smallest absolute Gasteiger partial charge is 0.243 e. The van der Waals surface area contributed by atoms with Gasteiger partial charge in [0.05, 0.1) is 18.1 Å². The predicted molar refractivity (Wildman–Crippen MR) is 61.4 cm³/mol. The number of ether oxygens (including phenoxy) is 1. The van der Waals surface area contributed by atoms with Crippen molar-refractivity contribution in [2.24, 2.45) is 0 Å². The van der Waals surface area contributed by atoms with Gasteiger partial charge in [-0.15, -0.1) is 0 Å². The highest BCUT2D eigenvalue weighted by molar-refractivity contribution is 7.89. The van der Waals surface area contributed by atoms with E-state index in [1.165, 1.54) is 28.6 Å². The normalized spacial score (nSPS) is 17.9. The Hall–Kier alpha value is -1.24. The van der Waals surface area contributed by atoms with E-state index in [9.17, 15) is 13.2 Å². The Labute approximate surface area is 100 Å². The van der Waals surface area contributed by atoms with Crippen LogP contribution in [-0.4, -0.2) is 45.3 Å². The first kappa shape index (κ1) is 12.2. The predicted octanol–water partition coefficient (Wildman–Crippen LogP) is 0.520. The minimum absolute atomic E-state index is 0.213. The van der Waals surface area contributed by atoms with Gasteiger partial charge < -0.3 is 4.74 Å². The van der Waals surface area contributed by atoms with Crippen LogP contribution >= 0.6 is 0 Å². The summed E-state index contributed by atoms with van der Waals surface area (Å²) in [6.07, 6.45) is 0.686. The van der Waals surface area contributed by atoms with Crippen molar-refractivity contribution in [2.45, 2.75) is 4.90 Å². The molecule has 1 aliphatic rings. The van der Waals surface area contributed by atoms with Crippen molar-refractivity contribution in [3.8, 4) is 0 Å². The summed E-state index contributed by atoms with van der Waals surface area (Å²) >= 11 is 0. The molecule has 92 valence electrons. The SMILES string of the molecule is O=Cc1ccc(S(=O)(=O)N2CCOCC2)cc1. The number of carbonyl (C=O) groups excluding carboxylic acids is 1. The molecule has 0 aliphatic carbocycles. The van der Waals surface area contributed by atoms with Gasteiger partial charge in [0, 0.05) is 18.7 Å². The van der Waals surface area contributed by atoms with Gasteiger partial charge in [0.2, 0.25) is 10.0 Å².